The van der Waals surface area contributed by atoms with E-state index in [4.69, 9.17) is 18.9 Å². The van der Waals surface area contributed by atoms with Gasteiger partial charge in [-0.3, -0.25) is 9.59 Å². The molecule has 0 unspecified atom stereocenters. The SMILES string of the molecule is CC(C)(C)OC(=O)Oc1ccccc1/C=C/C(=O)CCCCCCCNC(=O)/C=C/c1ccccc1OC(=O)OC(C)(C)C. The van der Waals surface area contributed by atoms with Crippen LogP contribution in [0.25, 0.3) is 12.2 Å². The quantitative estimate of drug-likeness (QED) is 0.0992. The predicted molar refractivity (Wildman–Crippen MR) is 170 cm³/mol. The van der Waals surface area contributed by atoms with Crippen LogP contribution in [0.5, 0.6) is 11.5 Å². The van der Waals surface area contributed by atoms with E-state index in [2.05, 4.69) is 5.32 Å². The number of ether oxygens (including phenoxy) is 4. The van der Waals surface area contributed by atoms with Gasteiger partial charge in [-0.15, -0.1) is 0 Å². The van der Waals surface area contributed by atoms with Crippen molar-refractivity contribution in [2.24, 2.45) is 0 Å². The Hall–Kier alpha value is -4.40. The van der Waals surface area contributed by atoms with Crippen molar-refractivity contribution in [3.8, 4) is 11.5 Å². The van der Waals surface area contributed by atoms with Crippen LogP contribution in [0, 0.1) is 0 Å². The Labute approximate surface area is 260 Å². The second-order valence-electron chi connectivity index (χ2n) is 12.2. The average Bonchev–Trinajstić information content (AvgIpc) is 2.91. The van der Waals surface area contributed by atoms with E-state index in [-0.39, 0.29) is 11.7 Å². The zero-order valence-electron chi connectivity index (χ0n) is 26.6. The zero-order chi connectivity index (χ0) is 32.6. The maximum atomic E-state index is 12.3. The molecule has 0 spiro atoms. The van der Waals surface area contributed by atoms with Crippen molar-refractivity contribution in [2.75, 3.05) is 6.54 Å². The van der Waals surface area contributed by atoms with Crippen molar-refractivity contribution in [1.29, 1.82) is 0 Å². The van der Waals surface area contributed by atoms with Crippen LogP contribution in [-0.2, 0) is 19.1 Å². The molecule has 0 saturated heterocycles. The summed E-state index contributed by atoms with van der Waals surface area (Å²) < 4.78 is 21.0. The van der Waals surface area contributed by atoms with Gasteiger partial charge in [-0.25, -0.2) is 9.59 Å². The van der Waals surface area contributed by atoms with Crippen molar-refractivity contribution >= 4 is 36.2 Å². The van der Waals surface area contributed by atoms with E-state index in [1.165, 1.54) is 12.2 Å². The summed E-state index contributed by atoms with van der Waals surface area (Å²) in [5, 5.41) is 2.85. The molecular weight excluding hydrogens is 562 g/mol. The maximum Gasteiger partial charge on any atom is 0.514 e. The van der Waals surface area contributed by atoms with Crippen molar-refractivity contribution in [3.63, 3.8) is 0 Å². The Morgan fingerprint density at radius 2 is 1.09 bits per heavy atom. The average molecular weight is 608 g/mol. The number of carbonyl (C=O) groups is 4. The third kappa shape index (κ3) is 15.7. The summed E-state index contributed by atoms with van der Waals surface area (Å²) in [7, 11) is 0. The number of carbonyl (C=O) groups excluding carboxylic acids is 4. The summed E-state index contributed by atoms with van der Waals surface area (Å²) in [4.78, 5) is 48.6. The molecule has 0 aliphatic rings. The number of hydrogen-bond donors (Lipinski definition) is 1. The summed E-state index contributed by atoms with van der Waals surface area (Å²) in [6.07, 6.45) is 9.32. The van der Waals surface area contributed by atoms with Gasteiger partial charge >= 0.3 is 12.3 Å². The third-order valence-electron chi connectivity index (χ3n) is 5.77. The van der Waals surface area contributed by atoms with Gasteiger partial charge in [0.15, 0.2) is 5.78 Å². The van der Waals surface area contributed by atoms with Crippen LogP contribution in [0.2, 0.25) is 0 Å². The highest BCUT2D eigenvalue weighted by atomic mass is 16.7. The molecule has 9 nitrogen and oxygen atoms in total. The third-order valence-corrected chi connectivity index (χ3v) is 5.77. The van der Waals surface area contributed by atoms with Crippen LogP contribution in [0.3, 0.4) is 0 Å². The standard InChI is InChI=1S/C35H45NO8/c1-34(2,3)43-32(39)41-29-19-13-11-16-26(29)21-23-28(37)18-10-8-7-9-15-25-36-31(38)24-22-27-17-12-14-20-30(27)42-33(40)44-35(4,5)6/h11-14,16-17,19-24H,7-10,15,18,25H2,1-6H3,(H,36,38)/b23-21+,24-22+. The van der Waals surface area contributed by atoms with Crippen molar-refractivity contribution in [3.05, 3.63) is 71.8 Å². The summed E-state index contributed by atoms with van der Waals surface area (Å²) in [6, 6.07) is 13.8. The number of rotatable bonds is 14. The van der Waals surface area contributed by atoms with Crippen LogP contribution in [0.1, 0.15) is 91.2 Å². The minimum absolute atomic E-state index is 0.00538. The molecular formula is C35H45NO8. The summed E-state index contributed by atoms with van der Waals surface area (Å²) in [6.45, 7) is 11.1. The van der Waals surface area contributed by atoms with Crippen LogP contribution >= 0.6 is 0 Å². The Kier molecular flexibility index (Phi) is 14.4. The van der Waals surface area contributed by atoms with E-state index in [1.807, 2.05) is 0 Å². The molecule has 2 rings (SSSR count). The number of hydrogen-bond acceptors (Lipinski definition) is 8. The Balaban J connectivity index is 1.65. The minimum atomic E-state index is -0.809. The molecule has 0 heterocycles. The molecule has 2 aromatic rings. The molecule has 44 heavy (non-hydrogen) atoms. The second-order valence-corrected chi connectivity index (χ2v) is 12.2. The van der Waals surface area contributed by atoms with Crippen LogP contribution in [0.4, 0.5) is 9.59 Å². The minimum Gasteiger partial charge on any atom is -0.428 e. The molecule has 1 N–H and O–H groups in total. The second kappa shape index (κ2) is 17.7. The molecule has 0 aliphatic heterocycles. The van der Waals surface area contributed by atoms with Gasteiger partial charge in [0.1, 0.15) is 22.7 Å². The first-order chi connectivity index (χ1) is 20.7. The number of unbranched alkanes of at least 4 members (excludes halogenated alkanes) is 4. The van der Waals surface area contributed by atoms with E-state index in [9.17, 15) is 19.2 Å². The number of allylic oxidation sites excluding steroid dienone is 1. The molecule has 0 atom stereocenters. The van der Waals surface area contributed by atoms with E-state index < -0.39 is 23.5 Å². The highest BCUT2D eigenvalue weighted by Crippen LogP contribution is 2.22. The van der Waals surface area contributed by atoms with Gasteiger partial charge in [-0.1, -0.05) is 55.7 Å². The number of nitrogens with one attached hydrogen (secondary N) is 1. The first-order valence-corrected chi connectivity index (χ1v) is 14.9. The number of ketones is 1. The zero-order valence-corrected chi connectivity index (χ0v) is 26.6. The summed E-state index contributed by atoms with van der Waals surface area (Å²) in [5.41, 5.74) is -0.149. The van der Waals surface area contributed by atoms with Gasteiger partial charge in [-0.05, 0) is 84.7 Å². The van der Waals surface area contributed by atoms with Crippen LogP contribution in [0.15, 0.2) is 60.7 Å². The number of benzene rings is 2. The lowest BCUT2D eigenvalue weighted by atomic mass is 10.1. The predicted octanol–water partition coefficient (Wildman–Crippen LogP) is 8.07. The van der Waals surface area contributed by atoms with Crippen molar-refractivity contribution < 1.29 is 38.1 Å². The lowest BCUT2D eigenvalue weighted by Crippen LogP contribution is -2.26. The Morgan fingerprint density at radius 3 is 1.61 bits per heavy atom. The lowest BCUT2D eigenvalue weighted by molar-refractivity contribution is -0.116. The first kappa shape index (κ1) is 35.8. The van der Waals surface area contributed by atoms with Gasteiger partial charge < -0.3 is 24.3 Å². The largest absolute Gasteiger partial charge is 0.514 e. The van der Waals surface area contributed by atoms with E-state index in [1.54, 1.807) is 102 Å². The molecule has 1 amide bonds. The van der Waals surface area contributed by atoms with Gasteiger partial charge in [0, 0.05) is 30.2 Å². The van der Waals surface area contributed by atoms with E-state index in [0.29, 0.717) is 35.6 Å². The monoisotopic (exact) mass is 607 g/mol. The highest BCUT2D eigenvalue weighted by Gasteiger charge is 2.20. The highest BCUT2D eigenvalue weighted by molar-refractivity contribution is 5.94. The molecule has 0 bridgehead atoms. The van der Waals surface area contributed by atoms with Crippen molar-refractivity contribution in [2.45, 2.75) is 91.3 Å². The topological polar surface area (TPSA) is 117 Å². The first-order valence-electron chi connectivity index (χ1n) is 14.9. The summed E-state index contributed by atoms with van der Waals surface area (Å²) in [5.74, 6) is 0.379. The van der Waals surface area contributed by atoms with Crippen molar-refractivity contribution in [1.82, 2.24) is 5.32 Å². The molecule has 0 radical (unpaired) electrons. The number of para-hydroxylation sites is 2. The Morgan fingerprint density at radius 1 is 0.636 bits per heavy atom. The fourth-order valence-corrected chi connectivity index (χ4v) is 3.80. The maximum absolute atomic E-state index is 12.3. The lowest BCUT2D eigenvalue weighted by Gasteiger charge is -2.19. The summed E-state index contributed by atoms with van der Waals surface area (Å²) >= 11 is 0. The van der Waals surface area contributed by atoms with Gasteiger partial charge in [0.2, 0.25) is 5.91 Å². The van der Waals surface area contributed by atoms with Gasteiger partial charge in [-0.2, -0.15) is 0 Å². The van der Waals surface area contributed by atoms with Gasteiger partial charge in [0.05, 0.1) is 0 Å². The smallest absolute Gasteiger partial charge is 0.428 e. The molecule has 238 valence electrons. The molecule has 9 heteroatoms. The molecule has 0 saturated carbocycles. The fraction of sp³-hybridized carbons (Fsp3) is 0.429. The Bertz CT molecular complexity index is 1210. The number of amides is 1. The van der Waals surface area contributed by atoms with E-state index in [0.717, 1.165) is 32.1 Å². The molecule has 2 aromatic carbocycles. The van der Waals surface area contributed by atoms with Crippen LogP contribution < -0.4 is 14.8 Å². The molecule has 0 aromatic heterocycles. The van der Waals surface area contributed by atoms with E-state index >= 15 is 0 Å². The molecule has 0 fully saturated rings. The molecule has 0 aliphatic carbocycles. The van der Waals surface area contributed by atoms with Crippen LogP contribution in [-0.4, -0.2) is 41.7 Å². The van der Waals surface area contributed by atoms with Gasteiger partial charge in [0.25, 0.3) is 0 Å². The fourth-order valence-electron chi connectivity index (χ4n) is 3.80. The normalized spacial score (nSPS) is 11.8.